The van der Waals surface area contributed by atoms with Gasteiger partial charge >= 0.3 is 5.97 Å². The van der Waals surface area contributed by atoms with Crippen molar-refractivity contribution in [2.75, 3.05) is 18.5 Å². The summed E-state index contributed by atoms with van der Waals surface area (Å²) in [4.78, 5) is 11.6. The van der Waals surface area contributed by atoms with Crippen molar-refractivity contribution >= 4 is 11.7 Å². The van der Waals surface area contributed by atoms with Crippen molar-refractivity contribution in [1.29, 1.82) is 0 Å². The Morgan fingerprint density at radius 2 is 1.76 bits per heavy atom. The van der Waals surface area contributed by atoms with Crippen molar-refractivity contribution in [2.24, 2.45) is 0 Å². The van der Waals surface area contributed by atoms with Gasteiger partial charge in [0.15, 0.2) is 0 Å². The summed E-state index contributed by atoms with van der Waals surface area (Å²) in [6.07, 6.45) is 0. The summed E-state index contributed by atoms with van der Waals surface area (Å²) in [5, 5.41) is 3.39. The fraction of sp³-hybridized carbons (Fsp3) is 0.278. The van der Waals surface area contributed by atoms with E-state index in [0.717, 1.165) is 12.2 Å². The van der Waals surface area contributed by atoms with Crippen molar-refractivity contribution in [1.82, 2.24) is 0 Å². The third-order valence-electron chi connectivity index (χ3n) is 3.38. The average Bonchev–Trinajstić information content (AvgIpc) is 2.54. The Morgan fingerprint density at radius 3 is 2.38 bits per heavy atom. The summed E-state index contributed by atoms with van der Waals surface area (Å²) in [5.41, 5.74) is 2.90. The molecule has 3 nitrogen and oxygen atoms in total. The van der Waals surface area contributed by atoms with E-state index in [1.165, 1.54) is 5.56 Å². The molecule has 2 rings (SSSR count). The molecule has 0 aliphatic rings. The lowest BCUT2D eigenvalue weighted by atomic mass is 10.0. The van der Waals surface area contributed by atoms with Gasteiger partial charge in [-0.2, -0.15) is 0 Å². The van der Waals surface area contributed by atoms with Gasteiger partial charge in [-0.15, -0.1) is 0 Å². The Morgan fingerprint density at radius 1 is 1.10 bits per heavy atom. The number of carbonyl (C=O) groups is 1. The van der Waals surface area contributed by atoms with Gasteiger partial charge in [-0.25, -0.2) is 4.79 Å². The van der Waals surface area contributed by atoms with Crippen molar-refractivity contribution < 1.29 is 9.53 Å². The van der Waals surface area contributed by atoms with Gasteiger partial charge in [0.25, 0.3) is 0 Å². The summed E-state index contributed by atoms with van der Waals surface area (Å²) in [6, 6.07) is 17.8. The number of ether oxygens (including phenoxy) is 1. The van der Waals surface area contributed by atoms with Crippen LogP contribution >= 0.6 is 0 Å². The number of hydrogen-bond donors (Lipinski definition) is 1. The topological polar surface area (TPSA) is 38.3 Å². The molecule has 0 fully saturated rings. The molecule has 0 aliphatic heterocycles. The van der Waals surface area contributed by atoms with E-state index < -0.39 is 0 Å². The molecule has 0 heterocycles. The number of benzene rings is 2. The smallest absolute Gasteiger partial charge is 0.338 e. The van der Waals surface area contributed by atoms with Crippen LogP contribution in [0.3, 0.4) is 0 Å². The second-order valence-electron chi connectivity index (χ2n) is 4.99. The summed E-state index contributed by atoms with van der Waals surface area (Å²) >= 11 is 0. The number of rotatable bonds is 6. The summed E-state index contributed by atoms with van der Waals surface area (Å²) in [5.74, 6) is 0.151. The van der Waals surface area contributed by atoms with E-state index in [0.29, 0.717) is 18.1 Å². The van der Waals surface area contributed by atoms with Crippen LogP contribution in [0.2, 0.25) is 0 Å². The predicted molar refractivity (Wildman–Crippen MR) is 85.7 cm³/mol. The van der Waals surface area contributed by atoms with E-state index in [2.05, 4.69) is 36.5 Å². The molecule has 0 bridgehead atoms. The highest BCUT2D eigenvalue weighted by atomic mass is 16.5. The zero-order valence-corrected chi connectivity index (χ0v) is 12.5. The first-order chi connectivity index (χ1) is 10.2. The Kier molecular flexibility index (Phi) is 5.38. The molecular formula is C18H21NO2. The third-order valence-corrected chi connectivity index (χ3v) is 3.38. The lowest BCUT2D eigenvalue weighted by molar-refractivity contribution is 0.0526. The fourth-order valence-electron chi connectivity index (χ4n) is 2.11. The van der Waals surface area contributed by atoms with Gasteiger partial charge in [-0.3, -0.25) is 0 Å². The van der Waals surface area contributed by atoms with Gasteiger partial charge in [-0.05, 0) is 42.7 Å². The van der Waals surface area contributed by atoms with Gasteiger partial charge in [-0.1, -0.05) is 37.3 Å². The van der Waals surface area contributed by atoms with Crippen molar-refractivity contribution in [2.45, 2.75) is 19.8 Å². The molecule has 0 spiro atoms. The molecule has 0 aliphatic carbocycles. The molecule has 1 N–H and O–H groups in total. The molecule has 21 heavy (non-hydrogen) atoms. The number of hydrogen-bond acceptors (Lipinski definition) is 3. The first-order valence-electron chi connectivity index (χ1n) is 7.26. The SMILES string of the molecule is CCOC(=O)c1ccc(NCC(C)c2ccccc2)cc1. The highest BCUT2D eigenvalue weighted by Crippen LogP contribution is 2.16. The fourth-order valence-corrected chi connectivity index (χ4v) is 2.11. The molecule has 2 aromatic rings. The van der Waals surface area contributed by atoms with E-state index >= 15 is 0 Å². The van der Waals surface area contributed by atoms with Crippen molar-refractivity contribution in [3.63, 3.8) is 0 Å². The highest BCUT2D eigenvalue weighted by molar-refractivity contribution is 5.89. The molecule has 0 saturated heterocycles. The van der Waals surface area contributed by atoms with E-state index in [4.69, 9.17) is 4.74 Å². The first kappa shape index (κ1) is 15.1. The van der Waals surface area contributed by atoms with E-state index in [9.17, 15) is 4.79 Å². The van der Waals surface area contributed by atoms with Gasteiger partial charge in [0, 0.05) is 12.2 Å². The molecule has 110 valence electrons. The second kappa shape index (κ2) is 7.48. The maximum absolute atomic E-state index is 11.6. The standard InChI is InChI=1S/C18H21NO2/c1-3-21-18(20)16-9-11-17(12-10-16)19-13-14(2)15-7-5-4-6-8-15/h4-12,14,19H,3,13H2,1-2H3. The van der Waals surface area contributed by atoms with Crippen LogP contribution in [0.25, 0.3) is 0 Å². The molecule has 0 radical (unpaired) electrons. The molecule has 2 aromatic carbocycles. The van der Waals surface area contributed by atoms with Crippen molar-refractivity contribution in [3.8, 4) is 0 Å². The van der Waals surface area contributed by atoms with E-state index in [-0.39, 0.29) is 5.97 Å². The number of anilines is 1. The van der Waals surface area contributed by atoms with Gasteiger partial charge in [0.2, 0.25) is 0 Å². The molecule has 3 heteroatoms. The quantitative estimate of drug-likeness (QED) is 0.812. The Bertz CT molecular complexity index is 564. The zero-order valence-electron chi connectivity index (χ0n) is 12.5. The maximum atomic E-state index is 11.6. The van der Waals surface area contributed by atoms with Crippen LogP contribution in [0, 0.1) is 0 Å². The predicted octanol–water partition coefficient (Wildman–Crippen LogP) is 4.08. The normalized spacial score (nSPS) is 11.7. The molecule has 0 saturated carbocycles. The Balaban J connectivity index is 1.90. The summed E-state index contributed by atoms with van der Waals surface area (Å²) in [7, 11) is 0. The lowest BCUT2D eigenvalue weighted by Gasteiger charge is -2.14. The lowest BCUT2D eigenvalue weighted by Crippen LogP contribution is -2.10. The van der Waals surface area contributed by atoms with Gasteiger partial charge in [0.05, 0.1) is 12.2 Å². The maximum Gasteiger partial charge on any atom is 0.338 e. The Labute approximate surface area is 126 Å². The molecule has 0 aromatic heterocycles. The summed E-state index contributed by atoms with van der Waals surface area (Å²) in [6.45, 7) is 5.24. The van der Waals surface area contributed by atoms with Crippen LogP contribution in [0.4, 0.5) is 5.69 Å². The number of esters is 1. The van der Waals surface area contributed by atoms with Crippen LogP contribution in [-0.2, 0) is 4.74 Å². The van der Waals surface area contributed by atoms with Crippen LogP contribution in [-0.4, -0.2) is 19.1 Å². The minimum absolute atomic E-state index is 0.276. The minimum atomic E-state index is -0.276. The molecular weight excluding hydrogens is 262 g/mol. The number of carbonyl (C=O) groups excluding carboxylic acids is 1. The molecule has 0 amide bonds. The summed E-state index contributed by atoms with van der Waals surface area (Å²) < 4.78 is 4.96. The first-order valence-corrected chi connectivity index (χ1v) is 7.26. The second-order valence-corrected chi connectivity index (χ2v) is 4.99. The molecule has 1 unspecified atom stereocenters. The van der Waals surface area contributed by atoms with Crippen LogP contribution in [0.5, 0.6) is 0 Å². The monoisotopic (exact) mass is 283 g/mol. The third kappa shape index (κ3) is 4.35. The van der Waals surface area contributed by atoms with E-state index in [1.54, 1.807) is 19.1 Å². The van der Waals surface area contributed by atoms with E-state index in [1.807, 2.05) is 18.2 Å². The van der Waals surface area contributed by atoms with Crippen LogP contribution < -0.4 is 5.32 Å². The van der Waals surface area contributed by atoms with Crippen LogP contribution in [0.1, 0.15) is 35.7 Å². The number of nitrogens with one attached hydrogen (secondary N) is 1. The molecule has 1 atom stereocenters. The largest absolute Gasteiger partial charge is 0.462 e. The zero-order chi connectivity index (χ0) is 15.1. The van der Waals surface area contributed by atoms with Gasteiger partial charge < -0.3 is 10.1 Å². The average molecular weight is 283 g/mol. The minimum Gasteiger partial charge on any atom is -0.462 e. The van der Waals surface area contributed by atoms with Gasteiger partial charge in [0.1, 0.15) is 0 Å². The van der Waals surface area contributed by atoms with Crippen molar-refractivity contribution in [3.05, 3.63) is 65.7 Å². The Hall–Kier alpha value is -2.29. The van der Waals surface area contributed by atoms with Crippen LogP contribution in [0.15, 0.2) is 54.6 Å². The highest BCUT2D eigenvalue weighted by Gasteiger charge is 2.07.